The summed E-state index contributed by atoms with van der Waals surface area (Å²) in [6.07, 6.45) is 0. The molecule has 1 aromatic carbocycles. The summed E-state index contributed by atoms with van der Waals surface area (Å²) in [4.78, 5) is 23.2. The van der Waals surface area contributed by atoms with Crippen molar-refractivity contribution >= 4 is 39.9 Å². The van der Waals surface area contributed by atoms with E-state index in [4.69, 9.17) is 0 Å². The van der Waals surface area contributed by atoms with Gasteiger partial charge in [-0.1, -0.05) is 23.1 Å². The van der Waals surface area contributed by atoms with E-state index in [2.05, 4.69) is 20.3 Å². The minimum absolute atomic E-state index is 0.0644. The molecule has 2 aromatic rings. The molecule has 22 heavy (non-hydrogen) atoms. The third-order valence-corrected chi connectivity index (χ3v) is 4.39. The topological polar surface area (TPSA) is 81.2 Å². The number of aromatic nitrogens is 2. The van der Waals surface area contributed by atoms with Crippen molar-refractivity contribution in [2.45, 2.75) is 4.34 Å². The van der Waals surface area contributed by atoms with Gasteiger partial charge in [0.05, 0.1) is 5.75 Å². The van der Waals surface area contributed by atoms with Crippen molar-refractivity contribution in [2.75, 3.05) is 24.8 Å². The molecule has 116 valence electrons. The highest BCUT2D eigenvalue weighted by Crippen LogP contribution is 2.26. The normalized spacial score (nSPS) is 10.5. The van der Waals surface area contributed by atoms with Crippen LogP contribution in [0.15, 0.2) is 28.6 Å². The second-order valence-electron chi connectivity index (χ2n) is 4.07. The number of ether oxygens (including phenoxy) is 1. The van der Waals surface area contributed by atoms with Gasteiger partial charge in [-0.2, -0.15) is 0 Å². The van der Waals surface area contributed by atoms with Crippen molar-refractivity contribution in [3.05, 3.63) is 35.6 Å². The Bertz CT molecular complexity index is 661. The molecule has 0 bridgehead atoms. The van der Waals surface area contributed by atoms with Crippen molar-refractivity contribution in [3.63, 3.8) is 0 Å². The zero-order valence-corrected chi connectivity index (χ0v) is 13.2. The molecule has 0 aliphatic carbocycles. The maximum Gasteiger partial charge on any atom is 0.252 e. The van der Waals surface area contributed by atoms with Crippen LogP contribution in [0.5, 0.6) is 0 Å². The number of carbonyl (C=O) groups excluding carboxylic acids is 2. The van der Waals surface area contributed by atoms with Crippen LogP contribution in [0, 0.1) is 5.82 Å². The molecule has 0 fully saturated rings. The maximum atomic E-state index is 12.8. The Kier molecular flexibility index (Phi) is 5.99. The number of benzene rings is 1. The lowest BCUT2D eigenvalue weighted by Crippen LogP contribution is -2.16. The predicted octanol–water partition coefficient (Wildman–Crippen LogP) is 2.24. The summed E-state index contributed by atoms with van der Waals surface area (Å²) in [7, 11) is 1.42. The van der Waals surface area contributed by atoms with Gasteiger partial charge in [0.2, 0.25) is 5.13 Å². The van der Waals surface area contributed by atoms with Gasteiger partial charge in [0.1, 0.15) is 12.4 Å². The molecule has 1 amide bonds. The number of Topliss-reactive ketones (excluding diaryl/α,β-unsaturated/α-hetero) is 1. The van der Waals surface area contributed by atoms with Gasteiger partial charge in [-0.05, 0) is 24.3 Å². The molecular weight excluding hydrogens is 329 g/mol. The first-order valence-corrected chi connectivity index (χ1v) is 7.92. The highest BCUT2D eigenvalue weighted by Gasteiger charge is 2.11. The number of hydrogen-bond donors (Lipinski definition) is 1. The van der Waals surface area contributed by atoms with E-state index in [1.807, 2.05) is 0 Å². The van der Waals surface area contributed by atoms with Crippen LogP contribution in [-0.4, -0.2) is 41.4 Å². The number of nitrogens with zero attached hydrogens (tertiary/aromatic N) is 2. The molecule has 0 aliphatic heterocycles. The third-order valence-electron chi connectivity index (χ3n) is 2.42. The lowest BCUT2D eigenvalue weighted by molar-refractivity contribution is -0.119. The monoisotopic (exact) mass is 341 g/mol. The fourth-order valence-corrected chi connectivity index (χ4v) is 3.11. The molecule has 2 rings (SSSR count). The van der Waals surface area contributed by atoms with Gasteiger partial charge in [0.25, 0.3) is 5.91 Å². The number of anilines is 1. The number of thioether (sulfide) groups is 1. The number of nitrogens with one attached hydrogen (secondary N) is 1. The third kappa shape index (κ3) is 4.86. The summed E-state index contributed by atoms with van der Waals surface area (Å²) in [5, 5.41) is 10.5. The van der Waals surface area contributed by atoms with Crippen molar-refractivity contribution < 1.29 is 18.7 Å². The summed E-state index contributed by atoms with van der Waals surface area (Å²) < 4.78 is 18.0. The van der Waals surface area contributed by atoms with Gasteiger partial charge in [-0.25, -0.2) is 4.39 Å². The van der Waals surface area contributed by atoms with Gasteiger partial charge in [-0.15, -0.1) is 10.2 Å². The molecular formula is C13H12FN3O3S2. The summed E-state index contributed by atoms with van der Waals surface area (Å²) in [5.41, 5.74) is 0.437. The average Bonchev–Trinajstić information content (AvgIpc) is 2.93. The highest BCUT2D eigenvalue weighted by atomic mass is 32.2. The molecule has 1 heterocycles. The smallest absolute Gasteiger partial charge is 0.252 e. The lowest BCUT2D eigenvalue weighted by Gasteiger charge is -1.99. The molecule has 0 spiro atoms. The Morgan fingerprint density at radius 2 is 2.05 bits per heavy atom. The van der Waals surface area contributed by atoms with E-state index in [1.165, 1.54) is 54.5 Å². The van der Waals surface area contributed by atoms with Crippen LogP contribution in [0.25, 0.3) is 0 Å². The number of hydrogen-bond acceptors (Lipinski definition) is 7. The number of methoxy groups -OCH3 is 1. The maximum absolute atomic E-state index is 12.8. The minimum atomic E-state index is -0.384. The molecule has 0 aliphatic rings. The number of carbonyl (C=O) groups is 2. The Balaban J connectivity index is 1.86. The van der Waals surface area contributed by atoms with E-state index in [0.29, 0.717) is 15.0 Å². The number of ketones is 1. The Labute approximate surface area is 134 Å². The van der Waals surface area contributed by atoms with Crippen LogP contribution in [0.1, 0.15) is 10.4 Å². The first-order valence-electron chi connectivity index (χ1n) is 6.12. The van der Waals surface area contributed by atoms with E-state index < -0.39 is 0 Å². The largest absolute Gasteiger partial charge is 0.375 e. The van der Waals surface area contributed by atoms with Crippen LogP contribution < -0.4 is 5.32 Å². The second-order valence-corrected chi connectivity index (χ2v) is 6.27. The van der Waals surface area contributed by atoms with E-state index in [-0.39, 0.29) is 29.9 Å². The van der Waals surface area contributed by atoms with Crippen molar-refractivity contribution in [1.82, 2.24) is 10.2 Å². The molecule has 0 atom stereocenters. The molecule has 1 N–H and O–H groups in total. The van der Waals surface area contributed by atoms with Gasteiger partial charge in [-0.3, -0.25) is 14.9 Å². The zero-order chi connectivity index (χ0) is 15.9. The number of rotatable bonds is 7. The van der Waals surface area contributed by atoms with Gasteiger partial charge >= 0.3 is 0 Å². The van der Waals surface area contributed by atoms with Gasteiger partial charge in [0.15, 0.2) is 10.1 Å². The van der Waals surface area contributed by atoms with Crippen LogP contribution >= 0.6 is 23.1 Å². The minimum Gasteiger partial charge on any atom is -0.375 e. The molecule has 0 saturated carbocycles. The molecule has 0 saturated heterocycles. The number of halogens is 1. The molecule has 9 heteroatoms. The van der Waals surface area contributed by atoms with Crippen LogP contribution in [0.3, 0.4) is 0 Å². The summed E-state index contributed by atoms with van der Waals surface area (Å²) in [5.74, 6) is -0.681. The summed E-state index contributed by atoms with van der Waals surface area (Å²) in [6, 6.07) is 5.36. The summed E-state index contributed by atoms with van der Waals surface area (Å²) in [6.45, 7) is -0.0644. The van der Waals surface area contributed by atoms with Crippen LogP contribution in [0.4, 0.5) is 9.52 Å². The Morgan fingerprint density at radius 1 is 1.32 bits per heavy atom. The zero-order valence-electron chi connectivity index (χ0n) is 11.5. The molecule has 0 unspecified atom stereocenters. The molecule has 1 aromatic heterocycles. The van der Waals surface area contributed by atoms with Crippen LogP contribution in [-0.2, 0) is 9.53 Å². The van der Waals surface area contributed by atoms with E-state index >= 15 is 0 Å². The molecule has 6 nitrogen and oxygen atoms in total. The quantitative estimate of drug-likeness (QED) is 0.472. The fourth-order valence-electron chi connectivity index (χ4n) is 1.45. The first-order chi connectivity index (χ1) is 10.6. The predicted molar refractivity (Wildman–Crippen MR) is 81.9 cm³/mol. The highest BCUT2D eigenvalue weighted by molar-refractivity contribution is 8.01. The summed E-state index contributed by atoms with van der Waals surface area (Å²) >= 11 is 2.38. The van der Waals surface area contributed by atoms with E-state index in [9.17, 15) is 14.0 Å². The second kappa shape index (κ2) is 7.97. The number of amides is 1. The van der Waals surface area contributed by atoms with Crippen LogP contribution in [0.2, 0.25) is 0 Å². The molecule has 0 radical (unpaired) electrons. The standard InChI is InChI=1S/C13H12FN3O3S2/c1-20-6-11(19)15-12-16-17-13(22-12)21-7-10(18)8-2-4-9(14)5-3-8/h2-5H,6-7H2,1H3,(H,15,16,19). The average molecular weight is 341 g/mol. The lowest BCUT2D eigenvalue weighted by atomic mass is 10.1. The van der Waals surface area contributed by atoms with Crippen molar-refractivity contribution in [3.8, 4) is 0 Å². The Morgan fingerprint density at radius 3 is 2.73 bits per heavy atom. The Hall–Kier alpha value is -1.84. The fraction of sp³-hybridized carbons (Fsp3) is 0.231. The van der Waals surface area contributed by atoms with Gasteiger partial charge in [0, 0.05) is 12.7 Å². The van der Waals surface area contributed by atoms with E-state index in [1.54, 1.807) is 0 Å². The van der Waals surface area contributed by atoms with Crippen molar-refractivity contribution in [2.24, 2.45) is 0 Å². The van der Waals surface area contributed by atoms with Crippen molar-refractivity contribution in [1.29, 1.82) is 0 Å². The SMILES string of the molecule is COCC(=O)Nc1nnc(SCC(=O)c2ccc(F)cc2)s1. The van der Waals surface area contributed by atoms with E-state index in [0.717, 1.165) is 0 Å². The van der Waals surface area contributed by atoms with Gasteiger partial charge < -0.3 is 4.74 Å². The first kappa shape index (κ1) is 16.5.